The number of rotatable bonds is 4. The summed E-state index contributed by atoms with van der Waals surface area (Å²) in [6.45, 7) is 2.12. The van der Waals surface area contributed by atoms with Gasteiger partial charge in [-0.05, 0) is 39.9 Å². The van der Waals surface area contributed by atoms with E-state index in [1.165, 1.54) is 16.8 Å². The van der Waals surface area contributed by atoms with Crippen molar-refractivity contribution in [2.75, 3.05) is 0 Å². The highest BCUT2D eigenvalue weighted by atomic mass is 79.9. The Bertz CT molecular complexity index is 633. The average Bonchev–Trinajstić information content (AvgIpc) is 2.67. The van der Waals surface area contributed by atoms with Crippen LogP contribution >= 0.6 is 15.9 Å². The zero-order valence-corrected chi connectivity index (χ0v) is 13.5. The minimum atomic E-state index is 0.154. The molecule has 2 N–H and O–H groups in total. The van der Waals surface area contributed by atoms with Crippen molar-refractivity contribution in [3.05, 3.63) is 51.3 Å². The summed E-state index contributed by atoms with van der Waals surface area (Å²) in [5.74, 6) is 0.484. The molecule has 2 unspecified atom stereocenters. The van der Waals surface area contributed by atoms with Crippen LogP contribution in [0.2, 0.25) is 0 Å². The van der Waals surface area contributed by atoms with Crippen molar-refractivity contribution >= 4 is 15.9 Å². The second kappa shape index (κ2) is 5.34. The lowest BCUT2D eigenvalue weighted by Crippen LogP contribution is -2.37. The molecule has 1 aromatic carbocycles. The molecule has 106 valence electrons. The van der Waals surface area contributed by atoms with Gasteiger partial charge in [-0.2, -0.15) is 5.10 Å². The highest BCUT2D eigenvalue weighted by Gasteiger charge is 2.31. The maximum Gasteiger partial charge on any atom is 0.0766 e. The largest absolute Gasteiger partial charge is 0.327 e. The molecule has 3 nitrogen and oxygen atoms in total. The molecule has 1 aliphatic carbocycles. The van der Waals surface area contributed by atoms with E-state index < -0.39 is 0 Å². The molecule has 4 heteroatoms. The molecule has 0 fully saturated rings. The number of aromatic nitrogens is 2. The Morgan fingerprint density at radius 3 is 2.85 bits per heavy atom. The van der Waals surface area contributed by atoms with Crippen molar-refractivity contribution < 1.29 is 0 Å². The monoisotopic (exact) mass is 333 g/mol. The standard InChI is InChI=1S/C16H20BrN3/c1-3-14-16(17)15(20(2)19-14)9-13(18)12-8-10-6-4-5-7-11(10)12/h4-7,12-13H,3,8-9,18H2,1-2H3. The Morgan fingerprint density at radius 1 is 1.45 bits per heavy atom. The van der Waals surface area contributed by atoms with Gasteiger partial charge in [-0.3, -0.25) is 4.68 Å². The minimum Gasteiger partial charge on any atom is -0.327 e. The molecule has 0 aliphatic heterocycles. The van der Waals surface area contributed by atoms with Gasteiger partial charge in [0.25, 0.3) is 0 Å². The molecule has 1 heterocycles. The first-order chi connectivity index (χ1) is 9.61. The quantitative estimate of drug-likeness (QED) is 0.934. The molecule has 0 radical (unpaired) electrons. The lowest BCUT2D eigenvalue weighted by molar-refractivity contribution is 0.469. The molecule has 3 rings (SSSR count). The Morgan fingerprint density at radius 2 is 2.20 bits per heavy atom. The van der Waals surface area contributed by atoms with Gasteiger partial charge in [-0.1, -0.05) is 31.2 Å². The summed E-state index contributed by atoms with van der Waals surface area (Å²) in [5, 5.41) is 4.54. The molecule has 1 aliphatic rings. The van der Waals surface area contributed by atoms with E-state index in [2.05, 4.69) is 52.2 Å². The lowest BCUT2D eigenvalue weighted by atomic mass is 9.73. The second-order valence-corrected chi connectivity index (χ2v) is 6.35. The summed E-state index contributed by atoms with van der Waals surface area (Å²) >= 11 is 3.67. The molecule has 0 spiro atoms. The fraction of sp³-hybridized carbons (Fsp3) is 0.438. The summed E-state index contributed by atoms with van der Waals surface area (Å²) in [5.41, 5.74) is 11.6. The van der Waals surface area contributed by atoms with Crippen LogP contribution in [0.15, 0.2) is 28.7 Å². The fourth-order valence-electron chi connectivity index (χ4n) is 3.09. The smallest absolute Gasteiger partial charge is 0.0766 e. The summed E-state index contributed by atoms with van der Waals surface area (Å²) in [6, 6.07) is 8.77. The summed E-state index contributed by atoms with van der Waals surface area (Å²) in [7, 11) is 2.00. The van der Waals surface area contributed by atoms with Crippen LogP contribution in [0.3, 0.4) is 0 Å². The predicted molar refractivity (Wildman–Crippen MR) is 84.9 cm³/mol. The highest BCUT2D eigenvalue weighted by molar-refractivity contribution is 9.10. The maximum absolute atomic E-state index is 6.45. The average molecular weight is 334 g/mol. The highest BCUT2D eigenvalue weighted by Crippen LogP contribution is 2.38. The van der Waals surface area contributed by atoms with Crippen molar-refractivity contribution in [2.24, 2.45) is 12.8 Å². The number of fused-ring (bicyclic) bond motifs is 1. The fourth-order valence-corrected chi connectivity index (χ4v) is 3.86. The molecule has 20 heavy (non-hydrogen) atoms. The molecule has 2 atom stereocenters. The SMILES string of the molecule is CCc1nn(C)c(CC(N)C2Cc3ccccc32)c1Br. The number of hydrogen-bond acceptors (Lipinski definition) is 2. The molecule has 1 aromatic heterocycles. The summed E-state index contributed by atoms with van der Waals surface area (Å²) < 4.78 is 3.10. The number of aryl methyl sites for hydroxylation is 2. The van der Waals surface area contributed by atoms with Gasteiger partial charge in [0.05, 0.1) is 15.9 Å². The third-order valence-electron chi connectivity index (χ3n) is 4.34. The molecule has 0 bridgehead atoms. The first-order valence-corrected chi connectivity index (χ1v) is 7.94. The lowest BCUT2D eigenvalue weighted by Gasteiger charge is -2.34. The summed E-state index contributed by atoms with van der Waals surface area (Å²) in [4.78, 5) is 0. The van der Waals surface area contributed by atoms with Crippen LogP contribution in [0, 0.1) is 0 Å². The first kappa shape index (κ1) is 13.8. The molecule has 0 amide bonds. The van der Waals surface area contributed by atoms with Gasteiger partial charge in [0.2, 0.25) is 0 Å². The number of benzene rings is 1. The zero-order chi connectivity index (χ0) is 14.3. The van der Waals surface area contributed by atoms with Gasteiger partial charge in [-0.25, -0.2) is 0 Å². The van der Waals surface area contributed by atoms with E-state index in [4.69, 9.17) is 5.73 Å². The van der Waals surface area contributed by atoms with Crippen molar-refractivity contribution in [1.82, 2.24) is 9.78 Å². The van der Waals surface area contributed by atoms with Gasteiger partial charge >= 0.3 is 0 Å². The van der Waals surface area contributed by atoms with Crippen LogP contribution in [0.25, 0.3) is 0 Å². The molecule has 2 aromatic rings. The number of nitrogens with two attached hydrogens (primary N) is 1. The van der Waals surface area contributed by atoms with Crippen LogP contribution in [-0.2, 0) is 26.3 Å². The van der Waals surface area contributed by atoms with Gasteiger partial charge < -0.3 is 5.73 Å². The van der Waals surface area contributed by atoms with E-state index in [1.807, 2.05) is 11.7 Å². The van der Waals surface area contributed by atoms with E-state index in [0.717, 1.165) is 29.4 Å². The Labute approximate surface area is 128 Å². The first-order valence-electron chi connectivity index (χ1n) is 7.15. The van der Waals surface area contributed by atoms with E-state index in [0.29, 0.717) is 5.92 Å². The Kier molecular flexibility index (Phi) is 3.69. The molecule has 0 saturated carbocycles. The normalized spacial score (nSPS) is 18.5. The topological polar surface area (TPSA) is 43.8 Å². The van der Waals surface area contributed by atoms with Crippen molar-refractivity contribution in [1.29, 1.82) is 0 Å². The van der Waals surface area contributed by atoms with E-state index in [9.17, 15) is 0 Å². The van der Waals surface area contributed by atoms with E-state index >= 15 is 0 Å². The van der Waals surface area contributed by atoms with Crippen LogP contribution in [-0.4, -0.2) is 15.8 Å². The van der Waals surface area contributed by atoms with Crippen molar-refractivity contribution in [3.63, 3.8) is 0 Å². The van der Waals surface area contributed by atoms with Gasteiger partial charge in [0, 0.05) is 25.4 Å². The Balaban J connectivity index is 1.78. The van der Waals surface area contributed by atoms with Crippen molar-refractivity contribution in [2.45, 2.75) is 38.1 Å². The molecular weight excluding hydrogens is 314 g/mol. The van der Waals surface area contributed by atoms with Gasteiger partial charge in [0.15, 0.2) is 0 Å². The predicted octanol–water partition coefficient (Wildman–Crippen LogP) is 2.95. The molecular formula is C16H20BrN3. The van der Waals surface area contributed by atoms with Gasteiger partial charge in [-0.15, -0.1) is 0 Å². The van der Waals surface area contributed by atoms with E-state index in [1.54, 1.807) is 0 Å². The van der Waals surface area contributed by atoms with Crippen molar-refractivity contribution in [3.8, 4) is 0 Å². The van der Waals surface area contributed by atoms with Crippen LogP contribution in [0.4, 0.5) is 0 Å². The van der Waals surface area contributed by atoms with Crippen LogP contribution < -0.4 is 5.73 Å². The minimum absolute atomic E-state index is 0.154. The zero-order valence-electron chi connectivity index (χ0n) is 11.9. The van der Waals surface area contributed by atoms with Crippen LogP contribution in [0.5, 0.6) is 0 Å². The number of halogens is 1. The second-order valence-electron chi connectivity index (χ2n) is 5.56. The van der Waals surface area contributed by atoms with Gasteiger partial charge in [0.1, 0.15) is 0 Å². The number of hydrogen-bond donors (Lipinski definition) is 1. The Hall–Kier alpha value is -1.13. The van der Waals surface area contributed by atoms with Crippen LogP contribution in [0.1, 0.15) is 35.4 Å². The third kappa shape index (κ3) is 2.21. The molecule has 0 saturated heterocycles. The maximum atomic E-state index is 6.45. The number of nitrogens with zero attached hydrogens (tertiary/aromatic N) is 2. The third-order valence-corrected chi connectivity index (χ3v) is 5.26. The summed E-state index contributed by atoms with van der Waals surface area (Å²) in [6.07, 6.45) is 2.91. The van der Waals surface area contributed by atoms with E-state index in [-0.39, 0.29) is 6.04 Å².